The Labute approximate surface area is 125 Å². The van der Waals surface area contributed by atoms with Gasteiger partial charge in [0.2, 0.25) is 0 Å². The van der Waals surface area contributed by atoms with Gasteiger partial charge in [-0.1, -0.05) is 31.4 Å². The molecule has 0 spiro atoms. The van der Waals surface area contributed by atoms with Gasteiger partial charge in [-0.15, -0.1) is 0 Å². The van der Waals surface area contributed by atoms with Gasteiger partial charge >= 0.3 is 0 Å². The highest BCUT2D eigenvalue weighted by molar-refractivity contribution is 5.76. The summed E-state index contributed by atoms with van der Waals surface area (Å²) in [7, 11) is 0. The first-order valence-corrected chi connectivity index (χ1v) is 7.81. The van der Waals surface area contributed by atoms with Gasteiger partial charge in [0, 0.05) is 12.0 Å². The van der Waals surface area contributed by atoms with Gasteiger partial charge < -0.3 is 10.4 Å². The zero-order valence-corrected chi connectivity index (χ0v) is 12.6. The number of aryl methyl sites for hydroxylation is 1. The molecule has 1 heterocycles. The second-order valence-corrected chi connectivity index (χ2v) is 6.22. The summed E-state index contributed by atoms with van der Waals surface area (Å²) in [6.07, 6.45) is 5.90. The van der Waals surface area contributed by atoms with E-state index in [9.17, 15) is 5.11 Å². The Balaban J connectivity index is 1.79. The highest BCUT2D eigenvalue weighted by atomic mass is 16.3. The van der Waals surface area contributed by atoms with Crippen LogP contribution in [0.4, 0.5) is 5.82 Å². The van der Waals surface area contributed by atoms with Gasteiger partial charge in [0.1, 0.15) is 5.82 Å². The predicted molar refractivity (Wildman–Crippen MR) is 85.4 cm³/mol. The van der Waals surface area contributed by atoms with Crippen LogP contribution < -0.4 is 5.32 Å². The molecule has 1 aliphatic rings. The summed E-state index contributed by atoms with van der Waals surface area (Å²) in [6.45, 7) is 3.01. The number of benzene rings is 1. The molecule has 0 saturated heterocycles. The average Bonchev–Trinajstić information content (AvgIpc) is 2.54. The molecule has 1 aliphatic carbocycles. The van der Waals surface area contributed by atoms with Crippen LogP contribution in [0.1, 0.15) is 37.8 Å². The van der Waals surface area contributed by atoms with Gasteiger partial charge in [-0.2, -0.15) is 0 Å². The Bertz CT molecular complexity index is 620. The zero-order valence-electron chi connectivity index (χ0n) is 12.6. The maximum Gasteiger partial charge on any atom is 0.148 e. The topological polar surface area (TPSA) is 58.0 Å². The molecule has 21 heavy (non-hydrogen) atoms. The van der Waals surface area contributed by atoms with Gasteiger partial charge in [0.05, 0.1) is 23.3 Å². The maximum atomic E-state index is 9.78. The van der Waals surface area contributed by atoms with Crippen LogP contribution in [0.15, 0.2) is 24.3 Å². The van der Waals surface area contributed by atoms with E-state index in [1.807, 2.05) is 31.2 Å². The van der Waals surface area contributed by atoms with Crippen molar-refractivity contribution in [1.29, 1.82) is 0 Å². The van der Waals surface area contributed by atoms with Crippen LogP contribution in [0.5, 0.6) is 0 Å². The molecule has 0 unspecified atom stereocenters. The molecular weight excluding hydrogens is 262 g/mol. The quantitative estimate of drug-likeness (QED) is 0.905. The van der Waals surface area contributed by atoms with E-state index in [4.69, 9.17) is 0 Å². The van der Waals surface area contributed by atoms with E-state index in [-0.39, 0.29) is 12.0 Å². The van der Waals surface area contributed by atoms with Gasteiger partial charge in [0.25, 0.3) is 0 Å². The number of nitrogens with one attached hydrogen (secondary N) is 1. The summed E-state index contributed by atoms with van der Waals surface area (Å²) >= 11 is 0. The molecule has 1 aromatic heterocycles. The number of hydrogen-bond acceptors (Lipinski definition) is 4. The number of rotatable bonds is 4. The smallest absolute Gasteiger partial charge is 0.148 e. The first kappa shape index (κ1) is 14.3. The SMILES string of the molecule is Cc1nc2ccccc2nc1NCC1(CO)CCCCC1. The zero-order chi connectivity index (χ0) is 14.7. The summed E-state index contributed by atoms with van der Waals surface area (Å²) in [5, 5.41) is 13.2. The highest BCUT2D eigenvalue weighted by Gasteiger charge is 2.31. The van der Waals surface area contributed by atoms with Crippen LogP contribution in [0.2, 0.25) is 0 Å². The van der Waals surface area contributed by atoms with Crippen molar-refractivity contribution >= 4 is 16.9 Å². The lowest BCUT2D eigenvalue weighted by molar-refractivity contribution is 0.0943. The van der Waals surface area contributed by atoms with E-state index in [2.05, 4.69) is 15.3 Å². The lowest BCUT2D eigenvalue weighted by Gasteiger charge is -2.35. The molecular formula is C17H23N3O. The van der Waals surface area contributed by atoms with Crippen molar-refractivity contribution in [1.82, 2.24) is 9.97 Å². The van der Waals surface area contributed by atoms with Crippen LogP contribution in [0.3, 0.4) is 0 Å². The average molecular weight is 285 g/mol. The molecule has 3 rings (SSSR count). The second kappa shape index (κ2) is 5.98. The fourth-order valence-electron chi connectivity index (χ4n) is 3.22. The Kier molecular flexibility index (Phi) is 4.06. The maximum absolute atomic E-state index is 9.78. The third kappa shape index (κ3) is 3.00. The molecule has 2 aromatic rings. The number of para-hydroxylation sites is 2. The molecule has 4 heteroatoms. The Morgan fingerprint density at radius 1 is 1.10 bits per heavy atom. The first-order chi connectivity index (χ1) is 10.2. The molecule has 1 fully saturated rings. The van der Waals surface area contributed by atoms with Crippen molar-refractivity contribution < 1.29 is 5.11 Å². The van der Waals surface area contributed by atoms with Crippen molar-refractivity contribution in [3.8, 4) is 0 Å². The van der Waals surface area contributed by atoms with Crippen molar-refractivity contribution in [3.63, 3.8) is 0 Å². The fraction of sp³-hybridized carbons (Fsp3) is 0.529. The van der Waals surface area contributed by atoms with E-state index in [0.717, 1.165) is 41.9 Å². The predicted octanol–water partition coefficient (Wildman–Crippen LogP) is 3.29. The highest BCUT2D eigenvalue weighted by Crippen LogP contribution is 2.36. The molecule has 0 bridgehead atoms. The number of aliphatic hydroxyl groups excluding tert-OH is 1. The number of nitrogens with zero attached hydrogens (tertiary/aromatic N) is 2. The molecule has 2 N–H and O–H groups in total. The van der Waals surface area contributed by atoms with E-state index in [1.165, 1.54) is 19.3 Å². The second-order valence-electron chi connectivity index (χ2n) is 6.22. The Hall–Kier alpha value is -1.68. The van der Waals surface area contributed by atoms with E-state index in [1.54, 1.807) is 0 Å². The molecule has 4 nitrogen and oxygen atoms in total. The largest absolute Gasteiger partial charge is 0.396 e. The number of aromatic nitrogens is 2. The molecule has 1 aromatic carbocycles. The van der Waals surface area contributed by atoms with E-state index < -0.39 is 0 Å². The molecule has 0 atom stereocenters. The van der Waals surface area contributed by atoms with Crippen LogP contribution in [0.25, 0.3) is 11.0 Å². The molecule has 112 valence electrons. The fourth-order valence-corrected chi connectivity index (χ4v) is 3.22. The number of anilines is 1. The summed E-state index contributed by atoms with van der Waals surface area (Å²) in [5.41, 5.74) is 2.76. The van der Waals surface area contributed by atoms with Crippen molar-refractivity contribution in [3.05, 3.63) is 30.0 Å². The minimum Gasteiger partial charge on any atom is -0.396 e. The first-order valence-electron chi connectivity index (χ1n) is 7.81. The lowest BCUT2D eigenvalue weighted by Crippen LogP contribution is -2.35. The minimum absolute atomic E-state index is 0.0119. The van der Waals surface area contributed by atoms with Crippen LogP contribution >= 0.6 is 0 Å². The third-order valence-corrected chi connectivity index (χ3v) is 4.63. The van der Waals surface area contributed by atoms with Crippen molar-refractivity contribution in [2.24, 2.45) is 5.41 Å². The van der Waals surface area contributed by atoms with Crippen LogP contribution in [-0.2, 0) is 0 Å². The van der Waals surface area contributed by atoms with Crippen LogP contribution in [0, 0.1) is 12.3 Å². The lowest BCUT2D eigenvalue weighted by atomic mass is 9.74. The molecule has 0 radical (unpaired) electrons. The van der Waals surface area contributed by atoms with Gasteiger partial charge in [-0.25, -0.2) is 9.97 Å². The number of hydrogen-bond donors (Lipinski definition) is 2. The summed E-state index contributed by atoms with van der Waals surface area (Å²) in [6, 6.07) is 7.92. The summed E-state index contributed by atoms with van der Waals surface area (Å²) in [4.78, 5) is 9.27. The normalized spacial score (nSPS) is 17.8. The third-order valence-electron chi connectivity index (χ3n) is 4.63. The van der Waals surface area contributed by atoms with Crippen LogP contribution in [-0.4, -0.2) is 28.2 Å². The van der Waals surface area contributed by atoms with E-state index >= 15 is 0 Å². The monoisotopic (exact) mass is 285 g/mol. The molecule has 0 aliphatic heterocycles. The molecule has 1 saturated carbocycles. The minimum atomic E-state index is 0.0119. The van der Waals surface area contributed by atoms with Gasteiger partial charge in [-0.3, -0.25) is 0 Å². The van der Waals surface area contributed by atoms with Gasteiger partial charge in [-0.05, 0) is 31.9 Å². The standard InChI is InChI=1S/C17H23N3O/c1-13-16(20-15-8-4-3-7-14(15)19-13)18-11-17(12-21)9-5-2-6-10-17/h3-4,7-8,21H,2,5-6,9-12H2,1H3,(H,18,20). The Morgan fingerprint density at radius 2 is 1.76 bits per heavy atom. The van der Waals surface area contributed by atoms with Gasteiger partial charge in [0.15, 0.2) is 0 Å². The molecule has 0 amide bonds. The van der Waals surface area contributed by atoms with Crippen molar-refractivity contribution in [2.75, 3.05) is 18.5 Å². The summed E-state index contributed by atoms with van der Waals surface area (Å²) in [5.74, 6) is 0.840. The Morgan fingerprint density at radius 3 is 2.43 bits per heavy atom. The summed E-state index contributed by atoms with van der Waals surface area (Å²) < 4.78 is 0. The number of aliphatic hydroxyl groups is 1. The van der Waals surface area contributed by atoms with Crippen molar-refractivity contribution in [2.45, 2.75) is 39.0 Å². The number of fused-ring (bicyclic) bond motifs is 1. The van der Waals surface area contributed by atoms with E-state index in [0.29, 0.717) is 0 Å².